The number of fused-ring (bicyclic) bond motifs is 1. The molecule has 1 saturated heterocycles. The van der Waals surface area contributed by atoms with Crippen molar-refractivity contribution in [1.82, 2.24) is 14.8 Å². The van der Waals surface area contributed by atoms with Crippen molar-refractivity contribution >= 4 is 38.3 Å². The molecule has 0 spiro atoms. The van der Waals surface area contributed by atoms with Crippen molar-refractivity contribution < 1.29 is 4.74 Å². The third-order valence-electron chi connectivity index (χ3n) is 3.87. The predicted octanol–water partition coefficient (Wildman–Crippen LogP) is 3.29. The lowest BCUT2D eigenvalue weighted by Gasteiger charge is -2.39. The zero-order valence-corrected chi connectivity index (χ0v) is 13.6. The van der Waals surface area contributed by atoms with Gasteiger partial charge in [0.15, 0.2) is 5.13 Å². The van der Waals surface area contributed by atoms with E-state index < -0.39 is 0 Å². The number of benzene rings is 1. The molecule has 7 heteroatoms. The topological polar surface area (TPSA) is 43.2 Å². The van der Waals surface area contributed by atoms with E-state index >= 15 is 0 Å². The highest BCUT2D eigenvalue weighted by molar-refractivity contribution is 7.22. The molecule has 3 heterocycles. The molecule has 0 bridgehead atoms. The average Bonchev–Trinajstić information content (AvgIpc) is 3.07. The fraction of sp³-hybridized carbons (Fsp3) is 0.333. The van der Waals surface area contributed by atoms with E-state index in [0.29, 0.717) is 10.9 Å². The number of hydrogen-bond donors (Lipinski definition) is 0. The Morgan fingerprint density at radius 2 is 2.27 bits per heavy atom. The van der Waals surface area contributed by atoms with Gasteiger partial charge in [-0.05, 0) is 12.1 Å². The van der Waals surface area contributed by atoms with Gasteiger partial charge in [-0.15, -0.1) is 0 Å². The second-order valence-electron chi connectivity index (χ2n) is 5.46. The van der Waals surface area contributed by atoms with Crippen LogP contribution in [0.1, 0.15) is 0 Å². The van der Waals surface area contributed by atoms with E-state index in [4.69, 9.17) is 21.3 Å². The highest BCUT2D eigenvalue weighted by atomic mass is 35.5. The van der Waals surface area contributed by atoms with Gasteiger partial charge in [-0.25, -0.2) is 4.98 Å². The van der Waals surface area contributed by atoms with Crippen LogP contribution in [-0.2, 0) is 6.54 Å². The van der Waals surface area contributed by atoms with E-state index in [1.807, 2.05) is 23.0 Å². The van der Waals surface area contributed by atoms with E-state index in [1.54, 1.807) is 24.6 Å². The summed E-state index contributed by atoms with van der Waals surface area (Å²) in [7, 11) is 1.68. The van der Waals surface area contributed by atoms with Crippen LogP contribution in [0.3, 0.4) is 0 Å². The van der Waals surface area contributed by atoms with Crippen molar-refractivity contribution in [2.75, 3.05) is 25.1 Å². The molecule has 0 radical (unpaired) electrons. The second-order valence-corrected chi connectivity index (χ2v) is 6.90. The molecule has 0 saturated carbocycles. The normalized spacial score (nSPS) is 15.3. The van der Waals surface area contributed by atoms with E-state index in [-0.39, 0.29) is 0 Å². The minimum absolute atomic E-state index is 0.588. The molecule has 1 aliphatic rings. The summed E-state index contributed by atoms with van der Waals surface area (Å²) in [6, 6.07) is 6.04. The van der Waals surface area contributed by atoms with Crippen LogP contribution in [0, 0.1) is 5.92 Å². The van der Waals surface area contributed by atoms with Gasteiger partial charge in [-0.1, -0.05) is 29.0 Å². The van der Waals surface area contributed by atoms with Crippen molar-refractivity contribution in [1.29, 1.82) is 0 Å². The highest BCUT2D eigenvalue weighted by Crippen LogP contribution is 2.36. The van der Waals surface area contributed by atoms with Crippen molar-refractivity contribution in [3.8, 4) is 5.75 Å². The molecule has 0 N–H and O–H groups in total. The zero-order valence-electron chi connectivity index (χ0n) is 12.1. The molecule has 0 atom stereocenters. The first-order chi connectivity index (χ1) is 10.7. The molecule has 3 aromatic rings. The molecule has 0 unspecified atom stereocenters. The van der Waals surface area contributed by atoms with Gasteiger partial charge in [0.1, 0.15) is 11.3 Å². The maximum absolute atomic E-state index is 5.89. The van der Waals surface area contributed by atoms with Crippen LogP contribution in [0.4, 0.5) is 5.13 Å². The van der Waals surface area contributed by atoms with E-state index in [1.165, 1.54) is 0 Å². The van der Waals surface area contributed by atoms with Crippen LogP contribution >= 0.6 is 22.9 Å². The Bertz CT molecular complexity index is 809. The van der Waals surface area contributed by atoms with Crippen LogP contribution in [-0.4, -0.2) is 35.0 Å². The average molecular weight is 335 g/mol. The Morgan fingerprint density at radius 1 is 1.41 bits per heavy atom. The number of rotatable bonds is 4. The summed E-state index contributed by atoms with van der Waals surface area (Å²) in [5.74, 6) is 1.42. The Balaban J connectivity index is 1.46. The Morgan fingerprint density at radius 3 is 3.00 bits per heavy atom. The Kier molecular flexibility index (Phi) is 3.43. The van der Waals surface area contributed by atoms with Crippen LogP contribution < -0.4 is 9.64 Å². The number of anilines is 1. The molecule has 114 valence electrons. The number of ether oxygens (including phenoxy) is 1. The first kappa shape index (κ1) is 13.8. The molecule has 1 fully saturated rings. The van der Waals surface area contributed by atoms with Crippen molar-refractivity contribution in [2.24, 2.45) is 5.92 Å². The Labute approximate surface area is 137 Å². The van der Waals surface area contributed by atoms with Gasteiger partial charge >= 0.3 is 0 Å². The van der Waals surface area contributed by atoms with Crippen LogP contribution in [0.5, 0.6) is 5.75 Å². The summed E-state index contributed by atoms with van der Waals surface area (Å²) in [6.07, 6.45) is 3.55. The first-order valence-electron chi connectivity index (χ1n) is 7.09. The summed E-state index contributed by atoms with van der Waals surface area (Å²) in [5.41, 5.74) is 0.951. The van der Waals surface area contributed by atoms with E-state index in [2.05, 4.69) is 16.1 Å². The summed E-state index contributed by atoms with van der Waals surface area (Å²) in [4.78, 5) is 7.03. The summed E-state index contributed by atoms with van der Waals surface area (Å²) < 4.78 is 8.45. The van der Waals surface area contributed by atoms with Gasteiger partial charge in [0.2, 0.25) is 0 Å². The maximum Gasteiger partial charge on any atom is 0.186 e. The summed E-state index contributed by atoms with van der Waals surface area (Å²) in [5, 5.41) is 5.98. The van der Waals surface area contributed by atoms with Crippen LogP contribution in [0.25, 0.3) is 10.2 Å². The number of nitrogens with zero attached hydrogens (tertiary/aromatic N) is 4. The quantitative estimate of drug-likeness (QED) is 0.734. The molecule has 1 aromatic carbocycles. The lowest BCUT2D eigenvalue weighted by molar-refractivity contribution is 0.342. The molecule has 0 amide bonds. The predicted molar refractivity (Wildman–Crippen MR) is 89.1 cm³/mol. The lowest BCUT2D eigenvalue weighted by atomic mass is 10.0. The van der Waals surface area contributed by atoms with Crippen molar-refractivity contribution in [2.45, 2.75) is 6.54 Å². The van der Waals surface area contributed by atoms with Gasteiger partial charge < -0.3 is 9.64 Å². The highest BCUT2D eigenvalue weighted by Gasteiger charge is 2.29. The van der Waals surface area contributed by atoms with Gasteiger partial charge in [0.05, 0.1) is 23.0 Å². The number of aromatic nitrogens is 3. The number of thiazole rings is 1. The summed E-state index contributed by atoms with van der Waals surface area (Å²) in [6.45, 7) is 2.90. The molecular formula is C15H15ClN4OS. The van der Waals surface area contributed by atoms with Crippen LogP contribution in [0.2, 0.25) is 5.02 Å². The minimum Gasteiger partial charge on any atom is -0.494 e. The second kappa shape index (κ2) is 5.44. The number of para-hydroxylation sites is 1. The fourth-order valence-electron chi connectivity index (χ4n) is 2.76. The third kappa shape index (κ3) is 2.42. The molecular weight excluding hydrogens is 320 g/mol. The van der Waals surface area contributed by atoms with Crippen LogP contribution in [0.15, 0.2) is 30.6 Å². The van der Waals surface area contributed by atoms with Crippen molar-refractivity contribution in [3.63, 3.8) is 0 Å². The molecule has 0 aliphatic carbocycles. The number of halogens is 1. The molecule has 4 rings (SSSR count). The third-order valence-corrected chi connectivity index (χ3v) is 5.14. The monoisotopic (exact) mass is 334 g/mol. The summed E-state index contributed by atoms with van der Waals surface area (Å²) >= 11 is 7.60. The first-order valence-corrected chi connectivity index (χ1v) is 8.29. The van der Waals surface area contributed by atoms with Gasteiger partial charge in [0, 0.05) is 31.7 Å². The van der Waals surface area contributed by atoms with Gasteiger partial charge in [0.25, 0.3) is 0 Å². The van der Waals surface area contributed by atoms with E-state index in [9.17, 15) is 0 Å². The minimum atomic E-state index is 0.588. The van der Waals surface area contributed by atoms with Gasteiger partial charge in [-0.3, -0.25) is 4.68 Å². The van der Waals surface area contributed by atoms with Crippen molar-refractivity contribution in [3.05, 3.63) is 35.6 Å². The van der Waals surface area contributed by atoms with E-state index in [0.717, 1.165) is 40.7 Å². The maximum atomic E-state index is 5.89. The standard InChI is InChI=1S/C15H15ClN4OS/c1-21-12-3-2-4-13-14(12)18-15(22-13)19-6-10(7-19)8-20-9-11(16)5-17-20/h2-5,9-10H,6-8H2,1H3. The Hall–Kier alpha value is -1.79. The zero-order chi connectivity index (χ0) is 15.1. The fourth-order valence-corrected chi connectivity index (χ4v) is 3.91. The molecule has 22 heavy (non-hydrogen) atoms. The molecule has 5 nitrogen and oxygen atoms in total. The smallest absolute Gasteiger partial charge is 0.186 e. The van der Waals surface area contributed by atoms with Gasteiger partial charge in [-0.2, -0.15) is 5.10 Å². The largest absolute Gasteiger partial charge is 0.494 e. The number of methoxy groups -OCH3 is 1. The lowest BCUT2D eigenvalue weighted by Crippen LogP contribution is -2.48. The molecule has 2 aromatic heterocycles. The number of hydrogen-bond acceptors (Lipinski definition) is 5. The molecule has 1 aliphatic heterocycles. The SMILES string of the molecule is COc1cccc2sc(N3CC(Cn4cc(Cl)cn4)C3)nc12.